The molecule has 1 amide bonds. The number of ether oxygens (including phenoxy) is 3. The molecule has 3 rings (SSSR count). The molecular formula is C22H20N2O5S. The summed E-state index contributed by atoms with van der Waals surface area (Å²) in [5, 5.41) is 4.84. The van der Waals surface area contributed by atoms with Crippen molar-refractivity contribution >= 4 is 34.4 Å². The van der Waals surface area contributed by atoms with Gasteiger partial charge in [-0.25, -0.2) is 9.78 Å². The number of thiazole rings is 1. The van der Waals surface area contributed by atoms with E-state index in [-0.39, 0.29) is 0 Å². The van der Waals surface area contributed by atoms with Gasteiger partial charge in [-0.15, -0.1) is 11.3 Å². The molecule has 0 saturated heterocycles. The first kappa shape index (κ1) is 21.1. The van der Waals surface area contributed by atoms with Gasteiger partial charge in [-0.3, -0.25) is 10.1 Å². The summed E-state index contributed by atoms with van der Waals surface area (Å²) < 4.78 is 15.5. The van der Waals surface area contributed by atoms with E-state index in [0.717, 1.165) is 11.1 Å². The molecule has 0 spiro atoms. The first-order valence-electron chi connectivity index (χ1n) is 8.96. The minimum atomic E-state index is -0.598. The number of hydrogen-bond donors (Lipinski definition) is 1. The maximum absolute atomic E-state index is 12.0. The van der Waals surface area contributed by atoms with Gasteiger partial charge in [-0.05, 0) is 29.8 Å². The Kier molecular flexibility index (Phi) is 7.18. The normalized spacial score (nSPS) is 10.6. The lowest BCUT2D eigenvalue weighted by atomic mass is 10.1. The lowest BCUT2D eigenvalue weighted by molar-refractivity contribution is -0.142. The Balaban J connectivity index is 1.53. The Hall–Kier alpha value is -3.65. The molecule has 1 aromatic heterocycles. The molecule has 7 nitrogen and oxygen atoms in total. The Morgan fingerprint density at radius 1 is 1.07 bits per heavy atom. The third kappa shape index (κ3) is 5.68. The number of rotatable bonds is 8. The molecule has 1 N–H and O–H groups in total. The van der Waals surface area contributed by atoms with Crippen LogP contribution < -0.4 is 14.8 Å². The number of nitrogens with zero attached hydrogens (tertiary/aromatic N) is 1. The summed E-state index contributed by atoms with van der Waals surface area (Å²) >= 11 is 1.27. The van der Waals surface area contributed by atoms with Crippen molar-refractivity contribution in [1.29, 1.82) is 0 Å². The Labute approximate surface area is 177 Å². The van der Waals surface area contributed by atoms with Gasteiger partial charge in [0.15, 0.2) is 23.2 Å². The maximum Gasteiger partial charge on any atom is 0.331 e. The first-order valence-corrected chi connectivity index (χ1v) is 9.84. The molecular weight excluding hydrogens is 404 g/mol. The van der Waals surface area contributed by atoms with E-state index in [1.54, 1.807) is 32.4 Å². The summed E-state index contributed by atoms with van der Waals surface area (Å²) in [7, 11) is 3.13. The average molecular weight is 424 g/mol. The molecule has 8 heteroatoms. The summed E-state index contributed by atoms with van der Waals surface area (Å²) in [4.78, 5) is 28.2. The van der Waals surface area contributed by atoms with Crippen LogP contribution in [0.1, 0.15) is 5.56 Å². The van der Waals surface area contributed by atoms with Crippen LogP contribution in [0.4, 0.5) is 5.13 Å². The third-order valence-electron chi connectivity index (χ3n) is 3.99. The average Bonchev–Trinajstić information content (AvgIpc) is 3.24. The number of amides is 1. The number of benzene rings is 2. The first-order chi connectivity index (χ1) is 14.6. The van der Waals surface area contributed by atoms with Crippen LogP contribution >= 0.6 is 11.3 Å². The van der Waals surface area contributed by atoms with Crippen LogP contribution in [0.3, 0.4) is 0 Å². The van der Waals surface area contributed by atoms with Gasteiger partial charge in [-0.2, -0.15) is 0 Å². The number of methoxy groups -OCH3 is 2. The van der Waals surface area contributed by atoms with E-state index in [1.165, 1.54) is 17.4 Å². The van der Waals surface area contributed by atoms with E-state index in [4.69, 9.17) is 14.2 Å². The molecule has 0 saturated carbocycles. The van der Waals surface area contributed by atoms with Gasteiger partial charge >= 0.3 is 5.97 Å². The molecule has 30 heavy (non-hydrogen) atoms. The summed E-state index contributed by atoms with van der Waals surface area (Å²) in [6.45, 7) is -0.400. The monoisotopic (exact) mass is 424 g/mol. The number of carbonyl (C=O) groups excluding carboxylic acids is 2. The van der Waals surface area contributed by atoms with E-state index in [1.807, 2.05) is 41.8 Å². The fraction of sp³-hybridized carbons (Fsp3) is 0.136. The van der Waals surface area contributed by atoms with Gasteiger partial charge < -0.3 is 14.2 Å². The fourth-order valence-electron chi connectivity index (χ4n) is 2.53. The zero-order valence-corrected chi connectivity index (χ0v) is 17.3. The van der Waals surface area contributed by atoms with Gasteiger partial charge in [0.05, 0.1) is 19.9 Å². The number of nitrogens with one attached hydrogen (secondary N) is 1. The van der Waals surface area contributed by atoms with Crippen molar-refractivity contribution in [3.05, 3.63) is 65.6 Å². The van der Waals surface area contributed by atoms with E-state index in [9.17, 15) is 9.59 Å². The van der Waals surface area contributed by atoms with E-state index in [2.05, 4.69) is 10.3 Å². The zero-order chi connectivity index (χ0) is 21.3. The number of aromatic nitrogens is 1. The second-order valence-corrected chi connectivity index (χ2v) is 6.87. The molecule has 0 fully saturated rings. The Morgan fingerprint density at radius 2 is 1.83 bits per heavy atom. The molecule has 2 aromatic carbocycles. The smallest absolute Gasteiger partial charge is 0.331 e. The van der Waals surface area contributed by atoms with Crippen LogP contribution in [0.15, 0.2) is 60.0 Å². The zero-order valence-electron chi connectivity index (χ0n) is 16.5. The van der Waals surface area contributed by atoms with E-state index < -0.39 is 18.5 Å². The molecule has 0 radical (unpaired) electrons. The number of anilines is 1. The van der Waals surface area contributed by atoms with Crippen LogP contribution in [-0.2, 0) is 14.3 Å². The highest BCUT2D eigenvalue weighted by Crippen LogP contribution is 2.33. The van der Waals surface area contributed by atoms with Crippen LogP contribution in [0.5, 0.6) is 11.5 Å². The largest absolute Gasteiger partial charge is 0.493 e. The standard InChI is InChI=1S/C22H20N2O5S/c1-27-18-10-9-16(12-19(18)28-2)17-14-30-22(23-17)24-20(25)13-29-21(26)11-8-15-6-4-3-5-7-15/h3-12,14H,13H2,1-2H3,(H,23,24,25). The molecule has 0 bridgehead atoms. The van der Waals surface area contributed by atoms with Crippen LogP contribution in [-0.4, -0.2) is 37.7 Å². The number of esters is 1. The van der Waals surface area contributed by atoms with Gasteiger partial charge in [0.2, 0.25) is 0 Å². The molecule has 3 aromatic rings. The molecule has 0 aliphatic rings. The van der Waals surface area contributed by atoms with Crippen molar-refractivity contribution in [1.82, 2.24) is 4.98 Å². The van der Waals surface area contributed by atoms with Gasteiger partial charge in [0.1, 0.15) is 0 Å². The summed E-state index contributed by atoms with van der Waals surface area (Å²) in [5.41, 5.74) is 2.37. The topological polar surface area (TPSA) is 86.8 Å². The molecule has 154 valence electrons. The van der Waals surface area contributed by atoms with Crippen molar-refractivity contribution in [2.45, 2.75) is 0 Å². The lowest BCUT2D eigenvalue weighted by Crippen LogP contribution is -2.20. The minimum Gasteiger partial charge on any atom is -0.493 e. The summed E-state index contributed by atoms with van der Waals surface area (Å²) in [6, 6.07) is 14.8. The highest BCUT2D eigenvalue weighted by molar-refractivity contribution is 7.14. The third-order valence-corrected chi connectivity index (χ3v) is 4.74. The molecule has 0 unspecified atom stereocenters. The van der Waals surface area contributed by atoms with Crippen LogP contribution in [0.25, 0.3) is 17.3 Å². The van der Waals surface area contributed by atoms with Crippen LogP contribution in [0, 0.1) is 0 Å². The number of carbonyl (C=O) groups is 2. The highest BCUT2D eigenvalue weighted by Gasteiger charge is 2.12. The second kappa shape index (κ2) is 10.2. The van der Waals surface area contributed by atoms with Crippen molar-refractivity contribution in [2.75, 3.05) is 26.1 Å². The summed E-state index contributed by atoms with van der Waals surface area (Å²) in [5.74, 6) is 0.140. The molecule has 0 atom stereocenters. The molecule has 0 aliphatic carbocycles. The maximum atomic E-state index is 12.0. The van der Waals surface area contributed by atoms with Crippen molar-refractivity contribution in [2.24, 2.45) is 0 Å². The van der Waals surface area contributed by atoms with E-state index >= 15 is 0 Å². The Morgan fingerprint density at radius 3 is 2.57 bits per heavy atom. The van der Waals surface area contributed by atoms with Gasteiger partial charge in [0.25, 0.3) is 5.91 Å². The van der Waals surface area contributed by atoms with Crippen molar-refractivity contribution < 1.29 is 23.8 Å². The van der Waals surface area contributed by atoms with Crippen LogP contribution in [0.2, 0.25) is 0 Å². The highest BCUT2D eigenvalue weighted by atomic mass is 32.1. The SMILES string of the molecule is COc1ccc(-c2csc(NC(=O)COC(=O)C=Cc3ccccc3)n2)cc1OC. The lowest BCUT2D eigenvalue weighted by Gasteiger charge is -2.08. The van der Waals surface area contributed by atoms with Crippen molar-refractivity contribution in [3.63, 3.8) is 0 Å². The number of hydrogen-bond acceptors (Lipinski definition) is 7. The second-order valence-electron chi connectivity index (χ2n) is 6.01. The van der Waals surface area contributed by atoms with E-state index in [0.29, 0.717) is 22.3 Å². The molecule has 0 aliphatic heterocycles. The van der Waals surface area contributed by atoms with Gasteiger partial charge in [0, 0.05) is 17.0 Å². The predicted octanol–water partition coefficient (Wildman–Crippen LogP) is 4.02. The van der Waals surface area contributed by atoms with Gasteiger partial charge in [-0.1, -0.05) is 30.3 Å². The minimum absolute atomic E-state index is 0.400. The quantitative estimate of drug-likeness (QED) is 0.434. The summed E-state index contributed by atoms with van der Waals surface area (Å²) in [6.07, 6.45) is 2.90. The predicted molar refractivity (Wildman–Crippen MR) is 116 cm³/mol. The Bertz CT molecular complexity index is 1050. The fourth-order valence-corrected chi connectivity index (χ4v) is 3.26. The molecule has 1 heterocycles. The van der Waals surface area contributed by atoms with Crippen molar-refractivity contribution in [3.8, 4) is 22.8 Å².